The van der Waals surface area contributed by atoms with Crippen molar-refractivity contribution in [1.82, 2.24) is 4.98 Å². The molecule has 26 heavy (non-hydrogen) atoms. The van der Waals surface area contributed by atoms with E-state index < -0.39 is 15.7 Å². The summed E-state index contributed by atoms with van der Waals surface area (Å²) >= 11 is 0. The Balaban J connectivity index is 1.86. The molecule has 6 heteroatoms. The van der Waals surface area contributed by atoms with Crippen LogP contribution in [0.2, 0.25) is 0 Å². The molecule has 1 aliphatic rings. The predicted octanol–water partition coefficient (Wildman–Crippen LogP) is 3.23. The summed E-state index contributed by atoms with van der Waals surface area (Å²) in [5, 5.41) is 0.949. The van der Waals surface area contributed by atoms with Crippen LogP contribution in [0, 0.1) is 0 Å². The molecule has 2 aromatic carbocycles. The van der Waals surface area contributed by atoms with Crippen LogP contribution in [0.5, 0.6) is 0 Å². The fraction of sp³-hybridized carbons (Fsp3) is 0.250. The zero-order chi connectivity index (χ0) is 18.3. The molecule has 2 heterocycles. The van der Waals surface area contributed by atoms with Gasteiger partial charge in [0.1, 0.15) is 9.84 Å². The Kier molecular flexibility index (Phi) is 4.07. The van der Waals surface area contributed by atoms with Crippen LogP contribution < -0.4 is 5.73 Å². The van der Waals surface area contributed by atoms with Gasteiger partial charge >= 0.3 is 0 Å². The summed E-state index contributed by atoms with van der Waals surface area (Å²) in [5.41, 5.74) is 9.79. The van der Waals surface area contributed by atoms with Crippen molar-refractivity contribution in [2.75, 3.05) is 11.5 Å². The third kappa shape index (κ3) is 3.01. The zero-order valence-electron chi connectivity index (χ0n) is 14.2. The highest BCUT2D eigenvalue weighted by Gasteiger charge is 2.27. The minimum Gasteiger partial charge on any atom is -0.366 e. The Labute approximate surface area is 152 Å². The van der Waals surface area contributed by atoms with Crippen molar-refractivity contribution in [3.05, 3.63) is 59.8 Å². The standard InChI is InChI=1S/C20H20N2O3S/c21-20(23)17-11-15(13-4-2-1-3-5-13)10-16-18(12-22-19(16)17)14-6-8-26(24,25)9-7-14/h1-5,10-12,14,22H,6-9H2,(H2,21,23). The molecule has 1 fully saturated rings. The number of hydrogen-bond donors (Lipinski definition) is 2. The van der Waals surface area contributed by atoms with E-state index in [9.17, 15) is 13.2 Å². The molecule has 5 nitrogen and oxygen atoms in total. The number of nitrogens with two attached hydrogens (primary N) is 1. The van der Waals surface area contributed by atoms with Gasteiger partial charge in [0.15, 0.2) is 0 Å². The molecule has 134 valence electrons. The number of aromatic amines is 1. The average Bonchev–Trinajstić information content (AvgIpc) is 3.05. The van der Waals surface area contributed by atoms with E-state index in [1.807, 2.05) is 42.6 Å². The van der Waals surface area contributed by atoms with E-state index in [1.54, 1.807) is 0 Å². The van der Waals surface area contributed by atoms with Crippen LogP contribution in [-0.4, -0.2) is 30.8 Å². The molecule has 0 bridgehead atoms. The van der Waals surface area contributed by atoms with Crippen LogP contribution in [0.1, 0.15) is 34.7 Å². The minimum absolute atomic E-state index is 0.166. The quantitative estimate of drug-likeness (QED) is 0.743. The fourth-order valence-corrected chi connectivity index (χ4v) is 5.27. The van der Waals surface area contributed by atoms with E-state index in [4.69, 9.17) is 5.73 Å². The zero-order valence-corrected chi connectivity index (χ0v) is 15.1. The van der Waals surface area contributed by atoms with Crippen molar-refractivity contribution >= 4 is 26.6 Å². The molecule has 1 saturated heterocycles. The number of aromatic nitrogens is 1. The normalized spacial score (nSPS) is 17.4. The topological polar surface area (TPSA) is 93.0 Å². The van der Waals surface area contributed by atoms with E-state index in [1.165, 1.54) is 0 Å². The van der Waals surface area contributed by atoms with Crippen LogP contribution in [-0.2, 0) is 9.84 Å². The van der Waals surface area contributed by atoms with Crippen LogP contribution in [0.4, 0.5) is 0 Å². The van der Waals surface area contributed by atoms with Crippen molar-refractivity contribution in [2.24, 2.45) is 5.73 Å². The molecule has 0 spiro atoms. The Morgan fingerprint density at radius 3 is 2.38 bits per heavy atom. The summed E-state index contributed by atoms with van der Waals surface area (Å²) < 4.78 is 23.5. The van der Waals surface area contributed by atoms with Gasteiger partial charge < -0.3 is 10.7 Å². The number of benzene rings is 2. The monoisotopic (exact) mass is 368 g/mol. The molecular weight excluding hydrogens is 348 g/mol. The number of rotatable bonds is 3. The lowest BCUT2D eigenvalue weighted by atomic mass is 9.91. The van der Waals surface area contributed by atoms with Gasteiger partial charge in [-0.3, -0.25) is 4.79 Å². The van der Waals surface area contributed by atoms with Gasteiger partial charge in [-0.15, -0.1) is 0 Å². The van der Waals surface area contributed by atoms with Gasteiger partial charge in [-0.1, -0.05) is 30.3 Å². The second-order valence-corrected chi connectivity index (χ2v) is 9.15. The lowest BCUT2D eigenvalue weighted by molar-refractivity contribution is 0.100. The van der Waals surface area contributed by atoms with Crippen molar-refractivity contribution in [1.29, 1.82) is 0 Å². The number of amides is 1. The van der Waals surface area contributed by atoms with Crippen LogP contribution >= 0.6 is 0 Å². The van der Waals surface area contributed by atoms with Crippen molar-refractivity contribution in [2.45, 2.75) is 18.8 Å². The van der Waals surface area contributed by atoms with Crippen molar-refractivity contribution < 1.29 is 13.2 Å². The number of nitrogens with one attached hydrogen (secondary N) is 1. The van der Waals surface area contributed by atoms with E-state index >= 15 is 0 Å². The molecule has 0 aliphatic carbocycles. The molecule has 0 atom stereocenters. The molecule has 0 unspecified atom stereocenters. The summed E-state index contributed by atoms with van der Waals surface area (Å²) in [4.78, 5) is 15.2. The van der Waals surface area contributed by atoms with Gasteiger partial charge in [0.25, 0.3) is 5.91 Å². The summed E-state index contributed by atoms with van der Waals surface area (Å²) in [6.07, 6.45) is 3.11. The number of carbonyl (C=O) groups excluding carboxylic acids is 1. The third-order valence-corrected chi connectivity index (χ3v) is 6.90. The largest absolute Gasteiger partial charge is 0.366 e. The SMILES string of the molecule is NC(=O)c1cc(-c2ccccc2)cc2c(C3CCS(=O)(=O)CC3)c[nH]c12. The fourth-order valence-electron chi connectivity index (χ4n) is 3.78. The minimum atomic E-state index is -2.92. The van der Waals surface area contributed by atoms with Gasteiger partial charge in [0.2, 0.25) is 0 Å². The molecule has 3 aromatic rings. The summed E-state index contributed by atoms with van der Waals surface area (Å²) in [6, 6.07) is 13.7. The molecule has 0 saturated carbocycles. The number of sulfone groups is 1. The van der Waals surface area contributed by atoms with Gasteiger partial charge in [-0.2, -0.15) is 0 Å². The Hall–Kier alpha value is -2.60. The lowest BCUT2D eigenvalue weighted by Crippen LogP contribution is -2.22. The molecule has 0 radical (unpaired) electrons. The lowest BCUT2D eigenvalue weighted by Gasteiger charge is -2.21. The maximum atomic E-state index is 12.0. The van der Waals surface area contributed by atoms with Crippen LogP contribution in [0.25, 0.3) is 22.0 Å². The smallest absolute Gasteiger partial charge is 0.250 e. The van der Waals surface area contributed by atoms with Crippen molar-refractivity contribution in [3.8, 4) is 11.1 Å². The van der Waals surface area contributed by atoms with Gasteiger partial charge in [-0.25, -0.2) is 8.42 Å². The average molecular weight is 368 g/mol. The van der Waals surface area contributed by atoms with Gasteiger partial charge in [0, 0.05) is 11.6 Å². The molecule has 1 aliphatic heterocycles. The highest BCUT2D eigenvalue weighted by molar-refractivity contribution is 7.91. The number of H-pyrrole nitrogens is 1. The van der Waals surface area contributed by atoms with E-state index in [-0.39, 0.29) is 17.4 Å². The third-order valence-electron chi connectivity index (χ3n) is 5.19. The first-order valence-electron chi connectivity index (χ1n) is 8.65. The number of primary amides is 1. The van der Waals surface area contributed by atoms with Crippen LogP contribution in [0.3, 0.4) is 0 Å². The Bertz CT molecular complexity index is 1070. The first-order chi connectivity index (χ1) is 12.4. The summed E-state index contributed by atoms with van der Waals surface area (Å²) in [7, 11) is -2.92. The Morgan fingerprint density at radius 2 is 1.73 bits per heavy atom. The maximum Gasteiger partial charge on any atom is 0.250 e. The summed E-state index contributed by atoms with van der Waals surface area (Å²) in [5.74, 6) is 0.114. The Morgan fingerprint density at radius 1 is 1.04 bits per heavy atom. The molecule has 1 amide bonds. The highest BCUT2D eigenvalue weighted by atomic mass is 32.2. The number of hydrogen-bond acceptors (Lipinski definition) is 3. The van der Waals surface area contributed by atoms with Crippen LogP contribution in [0.15, 0.2) is 48.7 Å². The first-order valence-corrected chi connectivity index (χ1v) is 10.5. The first kappa shape index (κ1) is 16.8. The van der Waals surface area contributed by atoms with E-state index in [0.29, 0.717) is 18.4 Å². The number of carbonyl (C=O) groups is 1. The maximum absolute atomic E-state index is 12.0. The molecule has 1 aromatic heterocycles. The van der Waals surface area contributed by atoms with Gasteiger partial charge in [-0.05, 0) is 47.6 Å². The second-order valence-electron chi connectivity index (χ2n) is 6.85. The van der Waals surface area contributed by atoms with E-state index in [2.05, 4.69) is 11.1 Å². The molecular formula is C20H20N2O3S. The molecule has 3 N–H and O–H groups in total. The predicted molar refractivity (Wildman–Crippen MR) is 103 cm³/mol. The van der Waals surface area contributed by atoms with Gasteiger partial charge in [0.05, 0.1) is 22.6 Å². The van der Waals surface area contributed by atoms with Crippen molar-refractivity contribution in [3.63, 3.8) is 0 Å². The van der Waals surface area contributed by atoms with E-state index in [0.717, 1.165) is 27.6 Å². The number of fused-ring (bicyclic) bond motifs is 1. The highest BCUT2D eigenvalue weighted by Crippen LogP contribution is 2.37. The molecule has 4 rings (SSSR count). The second kappa shape index (κ2) is 6.29. The summed E-state index contributed by atoms with van der Waals surface area (Å²) in [6.45, 7) is 0.